The summed E-state index contributed by atoms with van der Waals surface area (Å²) in [6.07, 6.45) is 1.44. The smallest absolute Gasteiger partial charge is 0.259 e. The fourth-order valence-corrected chi connectivity index (χ4v) is 3.13. The van der Waals surface area contributed by atoms with E-state index in [9.17, 15) is 9.59 Å². The van der Waals surface area contributed by atoms with Gasteiger partial charge in [0.15, 0.2) is 0 Å². The molecule has 1 aromatic heterocycles. The molecule has 0 bridgehead atoms. The normalized spacial score (nSPS) is 21.0. The number of methoxy groups -OCH3 is 1. The highest BCUT2D eigenvalue weighted by Crippen LogP contribution is 2.20. The van der Waals surface area contributed by atoms with Crippen LogP contribution in [0.5, 0.6) is 5.88 Å². The minimum atomic E-state index is -0.298. The first kappa shape index (κ1) is 16.7. The van der Waals surface area contributed by atoms with Crippen LogP contribution in [0.4, 0.5) is 0 Å². The average molecular weight is 333 g/mol. The van der Waals surface area contributed by atoms with Gasteiger partial charge in [0.25, 0.3) is 11.8 Å². The second-order valence-electron chi connectivity index (χ2n) is 6.13. The maximum absolute atomic E-state index is 12.7. The van der Waals surface area contributed by atoms with Crippen LogP contribution in [0, 0.1) is 6.92 Å². The Balaban J connectivity index is 1.62. The standard InChI is InChI=1S/C17H23N3O4/c1-12-5-6-13(15(18-12)23-2)16(21)19-7-9-20(10-8-19)17(22)14-4-3-11-24-14/h5-6,14H,3-4,7-11H2,1-2H3. The Morgan fingerprint density at radius 3 is 2.54 bits per heavy atom. The van der Waals surface area contributed by atoms with Gasteiger partial charge in [-0.3, -0.25) is 9.59 Å². The van der Waals surface area contributed by atoms with Gasteiger partial charge >= 0.3 is 0 Å². The summed E-state index contributed by atoms with van der Waals surface area (Å²) in [5, 5.41) is 0. The molecular weight excluding hydrogens is 310 g/mol. The SMILES string of the molecule is COc1nc(C)ccc1C(=O)N1CCN(C(=O)C2CCCO2)CC1. The number of carbonyl (C=O) groups is 2. The van der Waals surface area contributed by atoms with E-state index in [1.165, 1.54) is 7.11 Å². The number of rotatable bonds is 3. The van der Waals surface area contributed by atoms with E-state index in [2.05, 4.69) is 4.98 Å². The Labute approximate surface area is 141 Å². The van der Waals surface area contributed by atoms with Gasteiger partial charge in [-0.25, -0.2) is 4.98 Å². The Morgan fingerprint density at radius 2 is 1.92 bits per heavy atom. The lowest BCUT2D eigenvalue weighted by molar-refractivity contribution is -0.142. The number of hydrogen-bond donors (Lipinski definition) is 0. The molecule has 3 rings (SSSR count). The van der Waals surface area contributed by atoms with E-state index < -0.39 is 0 Å². The summed E-state index contributed by atoms with van der Waals surface area (Å²) in [6.45, 7) is 4.60. The van der Waals surface area contributed by atoms with Gasteiger partial charge in [-0.15, -0.1) is 0 Å². The maximum atomic E-state index is 12.7. The quantitative estimate of drug-likeness (QED) is 0.820. The highest BCUT2D eigenvalue weighted by molar-refractivity contribution is 5.96. The summed E-state index contributed by atoms with van der Waals surface area (Å²) in [5.41, 5.74) is 1.26. The van der Waals surface area contributed by atoms with Gasteiger partial charge in [-0.05, 0) is 31.9 Å². The van der Waals surface area contributed by atoms with Crippen molar-refractivity contribution in [3.63, 3.8) is 0 Å². The molecule has 7 heteroatoms. The van der Waals surface area contributed by atoms with Crippen LogP contribution in [0.2, 0.25) is 0 Å². The van der Waals surface area contributed by atoms with Gasteiger partial charge in [0.2, 0.25) is 5.88 Å². The summed E-state index contributed by atoms with van der Waals surface area (Å²) in [6, 6.07) is 3.54. The largest absolute Gasteiger partial charge is 0.480 e. The fourth-order valence-electron chi connectivity index (χ4n) is 3.13. The van der Waals surface area contributed by atoms with Crippen LogP contribution in [-0.4, -0.2) is 72.6 Å². The number of aromatic nitrogens is 1. The molecule has 0 N–H and O–H groups in total. The molecule has 24 heavy (non-hydrogen) atoms. The van der Waals surface area contributed by atoms with Gasteiger partial charge in [-0.1, -0.05) is 0 Å². The molecule has 7 nitrogen and oxygen atoms in total. The van der Waals surface area contributed by atoms with Crippen LogP contribution in [0.3, 0.4) is 0 Å². The second kappa shape index (κ2) is 7.17. The highest BCUT2D eigenvalue weighted by Gasteiger charge is 2.32. The Bertz CT molecular complexity index is 620. The number of hydrogen-bond acceptors (Lipinski definition) is 5. The number of aryl methyl sites for hydroxylation is 1. The van der Waals surface area contributed by atoms with Crippen molar-refractivity contribution in [2.45, 2.75) is 25.9 Å². The topological polar surface area (TPSA) is 72.0 Å². The van der Waals surface area contributed by atoms with Crippen LogP contribution < -0.4 is 4.74 Å². The number of nitrogens with zero attached hydrogens (tertiary/aromatic N) is 3. The summed E-state index contributed by atoms with van der Waals surface area (Å²) in [4.78, 5) is 32.8. The van der Waals surface area contributed by atoms with Crippen LogP contribution in [0.25, 0.3) is 0 Å². The van der Waals surface area contributed by atoms with E-state index in [-0.39, 0.29) is 17.9 Å². The zero-order valence-electron chi connectivity index (χ0n) is 14.2. The first-order valence-electron chi connectivity index (χ1n) is 8.31. The van der Waals surface area contributed by atoms with Crippen LogP contribution in [0.1, 0.15) is 28.9 Å². The average Bonchev–Trinajstić information content (AvgIpc) is 3.15. The molecule has 1 unspecified atom stereocenters. The molecule has 2 amide bonds. The molecular formula is C17H23N3O4. The van der Waals surface area contributed by atoms with Crippen molar-refractivity contribution in [2.75, 3.05) is 39.9 Å². The number of pyridine rings is 1. The molecule has 2 aliphatic rings. The summed E-state index contributed by atoms with van der Waals surface area (Å²) in [7, 11) is 1.51. The minimum absolute atomic E-state index is 0.0502. The lowest BCUT2D eigenvalue weighted by atomic mass is 10.1. The Morgan fingerprint density at radius 1 is 1.21 bits per heavy atom. The monoisotopic (exact) mass is 333 g/mol. The van der Waals surface area contributed by atoms with Gasteiger partial charge in [-0.2, -0.15) is 0 Å². The number of carbonyl (C=O) groups excluding carboxylic acids is 2. The Hall–Kier alpha value is -2.15. The molecule has 0 radical (unpaired) electrons. The molecule has 2 fully saturated rings. The van der Waals surface area contributed by atoms with E-state index in [0.717, 1.165) is 18.5 Å². The zero-order chi connectivity index (χ0) is 17.1. The van der Waals surface area contributed by atoms with Crippen molar-refractivity contribution < 1.29 is 19.1 Å². The van der Waals surface area contributed by atoms with Gasteiger partial charge < -0.3 is 19.3 Å². The molecule has 130 valence electrons. The van der Waals surface area contributed by atoms with E-state index in [0.29, 0.717) is 44.2 Å². The molecule has 2 saturated heterocycles. The fraction of sp³-hybridized carbons (Fsp3) is 0.588. The number of amides is 2. The van der Waals surface area contributed by atoms with E-state index >= 15 is 0 Å². The van der Waals surface area contributed by atoms with Crippen molar-refractivity contribution >= 4 is 11.8 Å². The van der Waals surface area contributed by atoms with Crippen LogP contribution >= 0.6 is 0 Å². The number of ether oxygens (including phenoxy) is 2. The van der Waals surface area contributed by atoms with Gasteiger partial charge in [0.05, 0.1) is 7.11 Å². The lowest BCUT2D eigenvalue weighted by Gasteiger charge is -2.35. The molecule has 1 aromatic rings. The summed E-state index contributed by atoms with van der Waals surface area (Å²) in [5.74, 6) is 0.288. The van der Waals surface area contributed by atoms with Crippen LogP contribution in [0.15, 0.2) is 12.1 Å². The molecule has 0 saturated carbocycles. The molecule has 0 spiro atoms. The third-order valence-corrected chi connectivity index (χ3v) is 4.51. The van der Waals surface area contributed by atoms with Crippen molar-refractivity contribution in [2.24, 2.45) is 0 Å². The first-order chi connectivity index (χ1) is 11.6. The first-order valence-corrected chi connectivity index (χ1v) is 8.31. The maximum Gasteiger partial charge on any atom is 0.259 e. The van der Waals surface area contributed by atoms with Gasteiger partial charge in [0, 0.05) is 38.5 Å². The third-order valence-electron chi connectivity index (χ3n) is 4.51. The third kappa shape index (κ3) is 3.36. The number of piperazine rings is 1. The predicted molar refractivity (Wildman–Crippen MR) is 87.0 cm³/mol. The van der Waals surface area contributed by atoms with E-state index in [1.54, 1.807) is 21.9 Å². The minimum Gasteiger partial charge on any atom is -0.480 e. The predicted octanol–water partition coefficient (Wildman–Crippen LogP) is 0.862. The highest BCUT2D eigenvalue weighted by atomic mass is 16.5. The lowest BCUT2D eigenvalue weighted by Crippen LogP contribution is -2.52. The van der Waals surface area contributed by atoms with Crippen molar-refractivity contribution in [3.05, 3.63) is 23.4 Å². The van der Waals surface area contributed by atoms with Crippen molar-refractivity contribution in [1.29, 1.82) is 0 Å². The molecule has 0 aromatic carbocycles. The molecule has 2 aliphatic heterocycles. The van der Waals surface area contributed by atoms with Crippen molar-refractivity contribution in [1.82, 2.24) is 14.8 Å². The molecule has 0 aliphatic carbocycles. The zero-order valence-corrected chi connectivity index (χ0v) is 14.2. The summed E-state index contributed by atoms with van der Waals surface area (Å²) < 4.78 is 10.7. The molecule has 1 atom stereocenters. The Kier molecular flexibility index (Phi) is 4.99. The van der Waals surface area contributed by atoms with Crippen LogP contribution in [-0.2, 0) is 9.53 Å². The molecule has 3 heterocycles. The second-order valence-corrected chi connectivity index (χ2v) is 6.13. The van der Waals surface area contributed by atoms with E-state index in [1.807, 2.05) is 6.92 Å². The van der Waals surface area contributed by atoms with Crippen molar-refractivity contribution in [3.8, 4) is 5.88 Å². The van der Waals surface area contributed by atoms with Gasteiger partial charge in [0.1, 0.15) is 11.7 Å². The summed E-state index contributed by atoms with van der Waals surface area (Å²) >= 11 is 0. The van der Waals surface area contributed by atoms with E-state index in [4.69, 9.17) is 9.47 Å².